The Hall–Kier alpha value is -3.02. The van der Waals surface area contributed by atoms with Crippen LogP contribution in [0.2, 0.25) is 0 Å². The maximum Gasteiger partial charge on any atom is 0.312 e. The zero-order valence-corrected chi connectivity index (χ0v) is 17.0. The van der Waals surface area contributed by atoms with Crippen LogP contribution in [0.25, 0.3) is 0 Å². The Balaban J connectivity index is 1.75. The third kappa shape index (κ3) is 5.73. The number of hydrogen-bond donors (Lipinski definition) is 3. The maximum absolute atomic E-state index is 12.9. The standard InChI is InChI=1S/C23H30N4O2/c1-17-10-4-5-11-18(17)20(26-23(24)29)16-22(28)25-19-12-6-7-13-21(19)27-14-8-2-3-9-15-27/h4-7,10-13,20H,2-3,8-9,14-16H2,1H3,(H,25,28)(H3,24,26,29)/t20-/m1/s1. The Morgan fingerprint density at radius 2 is 1.66 bits per heavy atom. The second-order valence-corrected chi connectivity index (χ2v) is 7.59. The first-order chi connectivity index (χ1) is 14.0. The van der Waals surface area contributed by atoms with Gasteiger partial charge in [-0.1, -0.05) is 49.2 Å². The minimum absolute atomic E-state index is 0.113. The first-order valence-electron chi connectivity index (χ1n) is 10.3. The molecule has 3 rings (SSSR count). The molecule has 0 saturated carbocycles. The lowest BCUT2D eigenvalue weighted by atomic mass is 9.98. The molecular formula is C23H30N4O2. The fraction of sp³-hybridized carbons (Fsp3) is 0.391. The number of aryl methyl sites for hydroxylation is 1. The summed E-state index contributed by atoms with van der Waals surface area (Å²) in [5, 5.41) is 5.76. The van der Waals surface area contributed by atoms with E-state index in [0.717, 1.165) is 35.6 Å². The van der Waals surface area contributed by atoms with E-state index < -0.39 is 12.1 Å². The van der Waals surface area contributed by atoms with Crippen molar-refractivity contribution < 1.29 is 9.59 Å². The van der Waals surface area contributed by atoms with Crippen LogP contribution in [0.4, 0.5) is 16.2 Å². The van der Waals surface area contributed by atoms with E-state index in [1.807, 2.05) is 49.4 Å². The highest BCUT2D eigenvalue weighted by molar-refractivity contribution is 5.95. The lowest BCUT2D eigenvalue weighted by Crippen LogP contribution is -2.35. The summed E-state index contributed by atoms with van der Waals surface area (Å²) in [5.74, 6) is -0.158. The molecule has 29 heavy (non-hydrogen) atoms. The van der Waals surface area contributed by atoms with Gasteiger partial charge in [-0.3, -0.25) is 4.79 Å². The average molecular weight is 395 g/mol. The van der Waals surface area contributed by atoms with Gasteiger partial charge >= 0.3 is 6.03 Å². The van der Waals surface area contributed by atoms with Crippen molar-refractivity contribution in [2.24, 2.45) is 5.73 Å². The molecule has 0 spiro atoms. The quantitative estimate of drug-likeness (QED) is 0.689. The van der Waals surface area contributed by atoms with Crippen molar-refractivity contribution in [3.63, 3.8) is 0 Å². The average Bonchev–Trinajstić information content (AvgIpc) is 2.97. The number of hydrogen-bond acceptors (Lipinski definition) is 3. The van der Waals surface area contributed by atoms with E-state index >= 15 is 0 Å². The molecule has 0 radical (unpaired) electrons. The van der Waals surface area contributed by atoms with Gasteiger partial charge in [-0.2, -0.15) is 0 Å². The van der Waals surface area contributed by atoms with Crippen molar-refractivity contribution in [1.29, 1.82) is 0 Å². The van der Waals surface area contributed by atoms with Crippen LogP contribution in [0.15, 0.2) is 48.5 Å². The summed E-state index contributed by atoms with van der Waals surface area (Å²) in [6.45, 7) is 3.96. The predicted molar refractivity (Wildman–Crippen MR) is 117 cm³/mol. The van der Waals surface area contributed by atoms with Crippen molar-refractivity contribution in [2.45, 2.75) is 45.1 Å². The number of benzene rings is 2. The normalized spacial score (nSPS) is 15.3. The van der Waals surface area contributed by atoms with Gasteiger partial charge in [0.1, 0.15) is 0 Å². The van der Waals surface area contributed by atoms with E-state index in [1.165, 1.54) is 25.7 Å². The van der Waals surface area contributed by atoms with Gasteiger partial charge in [0.05, 0.1) is 23.8 Å². The van der Waals surface area contributed by atoms with Crippen LogP contribution in [0.5, 0.6) is 0 Å². The van der Waals surface area contributed by atoms with Gasteiger partial charge in [-0.15, -0.1) is 0 Å². The molecule has 2 aromatic carbocycles. The van der Waals surface area contributed by atoms with Crippen molar-refractivity contribution in [3.05, 3.63) is 59.7 Å². The Kier molecular flexibility index (Phi) is 7.11. The zero-order chi connectivity index (χ0) is 20.6. The molecule has 1 fully saturated rings. The van der Waals surface area contributed by atoms with Crippen LogP contribution in [-0.2, 0) is 4.79 Å². The summed E-state index contributed by atoms with van der Waals surface area (Å²) in [7, 11) is 0. The van der Waals surface area contributed by atoms with E-state index in [-0.39, 0.29) is 12.3 Å². The lowest BCUT2D eigenvalue weighted by Gasteiger charge is -2.26. The fourth-order valence-electron chi connectivity index (χ4n) is 3.94. The number of carbonyl (C=O) groups is 2. The van der Waals surface area contributed by atoms with Crippen LogP contribution in [0, 0.1) is 6.92 Å². The van der Waals surface area contributed by atoms with E-state index in [2.05, 4.69) is 21.6 Å². The molecule has 6 nitrogen and oxygen atoms in total. The highest BCUT2D eigenvalue weighted by atomic mass is 16.2. The van der Waals surface area contributed by atoms with E-state index in [0.29, 0.717) is 0 Å². The molecule has 0 bridgehead atoms. The van der Waals surface area contributed by atoms with E-state index in [9.17, 15) is 9.59 Å². The van der Waals surface area contributed by atoms with Gasteiger partial charge in [-0.05, 0) is 43.0 Å². The predicted octanol–water partition coefficient (Wildman–Crippen LogP) is 4.11. The number of nitrogens with zero attached hydrogens (tertiary/aromatic N) is 1. The Morgan fingerprint density at radius 3 is 2.34 bits per heavy atom. The van der Waals surface area contributed by atoms with E-state index in [4.69, 9.17) is 5.73 Å². The molecule has 3 amide bonds. The number of primary amides is 1. The van der Waals surface area contributed by atoms with Gasteiger partial charge in [0.15, 0.2) is 0 Å². The second kappa shape index (κ2) is 9.96. The molecule has 2 aromatic rings. The van der Waals surface area contributed by atoms with Gasteiger partial charge in [0.25, 0.3) is 0 Å². The summed E-state index contributed by atoms with van der Waals surface area (Å²) < 4.78 is 0. The molecule has 1 saturated heterocycles. The van der Waals surface area contributed by atoms with E-state index in [1.54, 1.807) is 0 Å². The summed E-state index contributed by atoms with van der Waals surface area (Å²) >= 11 is 0. The molecule has 4 N–H and O–H groups in total. The molecular weight excluding hydrogens is 364 g/mol. The molecule has 1 atom stereocenters. The highest BCUT2D eigenvalue weighted by Crippen LogP contribution is 2.29. The maximum atomic E-state index is 12.9. The Labute approximate surface area is 172 Å². The highest BCUT2D eigenvalue weighted by Gasteiger charge is 2.20. The first-order valence-corrected chi connectivity index (χ1v) is 10.3. The number of urea groups is 1. The Bertz CT molecular complexity index is 844. The number of carbonyl (C=O) groups excluding carboxylic acids is 2. The number of nitrogens with two attached hydrogens (primary N) is 1. The molecule has 1 aliphatic heterocycles. The molecule has 1 aliphatic rings. The Morgan fingerprint density at radius 1 is 1.00 bits per heavy atom. The SMILES string of the molecule is Cc1ccccc1[C@@H](CC(=O)Nc1ccccc1N1CCCCCC1)NC(N)=O. The smallest absolute Gasteiger partial charge is 0.312 e. The largest absolute Gasteiger partial charge is 0.370 e. The van der Waals surface area contributed by atoms with Crippen LogP contribution in [-0.4, -0.2) is 25.0 Å². The van der Waals surface area contributed by atoms with Gasteiger partial charge in [0, 0.05) is 13.1 Å². The van der Waals surface area contributed by atoms with Gasteiger partial charge < -0.3 is 21.3 Å². The number of para-hydroxylation sites is 2. The monoisotopic (exact) mass is 394 g/mol. The minimum Gasteiger partial charge on any atom is -0.370 e. The molecule has 1 heterocycles. The summed E-state index contributed by atoms with van der Waals surface area (Å²) in [6, 6.07) is 14.5. The number of rotatable bonds is 6. The molecule has 6 heteroatoms. The number of anilines is 2. The van der Waals surface area contributed by atoms with Crippen molar-refractivity contribution >= 4 is 23.3 Å². The number of nitrogens with one attached hydrogen (secondary N) is 2. The molecule has 154 valence electrons. The van der Waals surface area contributed by atoms with Crippen molar-refractivity contribution in [2.75, 3.05) is 23.3 Å². The third-order valence-corrected chi connectivity index (χ3v) is 5.39. The second-order valence-electron chi connectivity index (χ2n) is 7.59. The van der Waals surface area contributed by atoms with Crippen LogP contribution in [0.3, 0.4) is 0 Å². The first kappa shape index (κ1) is 20.7. The fourth-order valence-corrected chi connectivity index (χ4v) is 3.94. The molecule has 0 aliphatic carbocycles. The van der Waals surface area contributed by atoms with Crippen molar-refractivity contribution in [1.82, 2.24) is 5.32 Å². The van der Waals surface area contributed by atoms with Gasteiger partial charge in [-0.25, -0.2) is 4.79 Å². The minimum atomic E-state index is -0.643. The summed E-state index contributed by atoms with van der Waals surface area (Å²) in [6.07, 6.45) is 4.95. The topological polar surface area (TPSA) is 87.5 Å². The molecule has 0 aromatic heterocycles. The van der Waals surface area contributed by atoms with Crippen LogP contribution >= 0.6 is 0 Å². The molecule has 0 unspecified atom stereocenters. The van der Waals surface area contributed by atoms with Crippen molar-refractivity contribution in [3.8, 4) is 0 Å². The van der Waals surface area contributed by atoms with Crippen LogP contribution in [0.1, 0.15) is 49.3 Å². The number of amides is 3. The summed E-state index contributed by atoms with van der Waals surface area (Å²) in [5.41, 5.74) is 9.11. The van der Waals surface area contributed by atoms with Gasteiger partial charge in [0.2, 0.25) is 5.91 Å². The third-order valence-electron chi connectivity index (χ3n) is 5.39. The summed E-state index contributed by atoms with van der Waals surface area (Å²) in [4.78, 5) is 26.7. The van der Waals surface area contributed by atoms with Crippen LogP contribution < -0.4 is 21.3 Å². The lowest BCUT2D eigenvalue weighted by molar-refractivity contribution is -0.116. The zero-order valence-electron chi connectivity index (χ0n) is 17.0.